The molecule has 90 valence electrons. The van der Waals surface area contributed by atoms with Gasteiger partial charge in [0.15, 0.2) is 12.4 Å². The Hall–Kier alpha value is -0.280. The van der Waals surface area contributed by atoms with Gasteiger partial charge in [-0.3, -0.25) is 0 Å². The molecule has 2 unspecified atom stereocenters. The zero-order chi connectivity index (χ0) is 11.4. The predicted molar refractivity (Wildman–Crippen MR) is 46.7 cm³/mol. The molecule has 0 amide bonds. The molecule has 5 atom stereocenters. The zero-order valence-electron chi connectivity index (χ0n) is 8.82. The van der Waals surface area contributed by atoms with Crippen LogP contribution in [0.4, 0.5) is 0 Å². The Bertz CT molecular complexity index is 188. The lowest BCUT2D eigenvalue weighted by Crippen LogP contribution is -2.58. The topological polar surface area (TPSA) is 86.6 Å². The van der Waals surface area contributed by atoms with Gasteiger partial charge in [0.1, 0.15) is 12.2 Å². The van der Waals surface area contributed by atoms with Crippen molar-refractivity contribution < 1.29 is 34.5 Å². The zero-order valence-corrected chi connectivity index (χ0v) is 8.82. The molecule has 7 nitrogen and oxygen atoms in total. The summed E-state index contributed by atoms with van der Waals surface area (Å²) < 4.78 is 15.3. The minimum atomic E-state index is -1.02. The summed E-state index contributed by atoms with van der Waals surface area (Å²) in [7, 11) is 2.84. The van der Waals surface area contributed by atoms with Crippen molar-refractivity contribution in [1.29, 1.82) is 0 Å². The SMILES string of the molecule is CO[C@@H]1OC(C)[C@@H](OC)[C@H](O)C1OOO. The van der Waals surface area contributed by atoms with Gasteiger partial charge >= 0.3 is 0 Å². The standard InChI is InChI=1S/C8H16O7/c1-4-6(11-2)5(9)7(14-15-10)8(12-3)13-4/h4-10H,1-3H3/t4?,5-,6+,7?,8+/m0/s1. The van der Waals surface area contributed by atoms with Crippen LogP contribution < -0.4 is 0 Å². The van der Waals surface area contributed by atoms with E-state index >= 15 is 0 Å². The summed E-state index contributed by atoms with van der Waals surface area (Å²) >= 11 is 0. The quantitative estimate of drug-likeness (QED) is 0.493. The van der Waals surface area contributed by atoms with Crippen LogP contribution in [0.2, 0.25) is 0 Å². The first-order valence-corrected chi connectivity index (χ1v) is 4.51. The van der Waals surface area contributed by atoms with Crippen LogP contribution in [-0.4, -0.2) is 55.3 Å². The highest BCUT2D eigenvalue weighted by Gasteiger charge is 2.45. The van der Waals surface area contributed by atoms with E-state index in [0.717, 1.165) is 0 Å². The van der Waals surface area contributed by atoms with E-state index in [0.29, 0.717) is 0 Å². The molecule has 1 rings (SSSR count). The van der Waals surface area contributed by atoms with Gasteiger partial charge in [-0.2, -0.15) is 4.89 Å². The Morgan fingerprint density at radius 2 is 1.80 bits per heavy atom. The Morgan fingerprint density at radius 3 is 2.27 bits per heavy atom. The van der Waals surface area contributed by atoms with E-state index < -0.39 is 24.6 Å². The third-order valence-corrected chi connectivity index (χ3v) is 2.41. The predicted octanol–water partition coefficient (Wildman–Crippen LogP) is -0.457. The molecule has 0 bridgehead atoms. The molecule has 0 aromatic rings. The lowest BCUT2D eigenvalue weighted by Gasteiger charge is -2.40. The van der Waals surface area contributed by atoms with Crippen molar-refractivity contribution in [2.45, 2.75) is 37.6 Å². The van der Waals surface area contributed by atoms with Gasteiger partial charge in [0.05, 0.1) is 6.10 Å². The molecule has 1 fully saturated rings. The molecule has 0 aromatic carbocycles. The van der Waals surface area contributed by atoms with Crippen LogP contribution in [0.5, 0.6) is 0 Å². The molecule has 1 aliphatic rings. The second kappa shape index (κ2) is 5.71. The van der Waals surface area contributed by atoms with Crippen LogP contribution >= 0.6 is 0 Å². The lowest BCUT2D eigenvalue weighted by atomic mass is 10.00. The highest BCUT2D eigenvalue weighted by molar-refractivity contribution is 4.88. The van der Waals surface area contributed by atoms with Crippen molar-refractivity contribution >= 4 is 0 Å². The average Bonchev–Trinajstić information content (AvgIpc) is 2.22. The maximum atomic E-state index is 9.83. The van der Waals surface area contributed by atoms with Crippen molar-refractivity contribution in [2.75, 3.05) is 14.2 Å². The molecular formula is C8H16O7. The van der Waals surface area contributed by atoms with Crippen molar-refractivity contribution in [3.05, 3.63) is 0 Å². The number of rotatable bonds is 4. The van der Waals surface area contributed by atoms with Gasteiger partial charge < -0.3 is 19.3 Å². The largest absolute Gasteiger partial charge is 0.387 e. The van der Waals surface area contributed by atoms with Crippen molar-refractivity contribution in [1.82, 2.24) is 0 Å². The maximum absolute atomic E-state index is 9.83. The fourth-order valence-electron chi connectivity index (χ4n) is 1.66. The minimum Gasteiger partial charge on any atom is -0.387 e. The highest BCUT2D eigenvalue weighted by Crippen LogP contribution is 2.25. The number of aliphatic hydroxyl groups excluding tert-OH is 1. The monoisotopic (exact) mass is 224 g/mol. The molecule has 0 aliphatic carbocycles. The van der Waals surface area contributed by atoms with Crippen LogP contribution in [0.15, 0.2) is 0 Å². The fourth-order valence-corrected chi connectivity index (χ4v) is 1.66. The first-order chi connectivity index (χ1) is 7.15. The molecule has 2 N–H and O–H groups in total. The van der Waals surface area contributed by atoms with Crippen LogP contribution in [0, 0.1) is 0 Å². The number of ether oxygens (including phenoxy) is 3. The van der Waals surface area contributed by atoms with Gasteiger partial charge in [-0.05, 0) is 6.92 Å². The van der Waals surface area contributed by atoms with Crippen molar-refractivity contribution in [2.24, 2.45) is 0 Å². The molecule has 0 aromatic heterocycles. The van der Waals surface area contributed by atoms with E-state index in [2.05, 4.69) is 9.93 Å². The fraction of sp³-hybridized carbons (Fsp3) is 1.00. The number of hydrogen-bond donors (Lipinski definition) is 2. The summed E-state index contributed by atoms with van der Waals surface area (Å²) in [6.45, 7) is 1.74. The van der Waals surface area contributed by atoms with E-state index in [-0.39, 0.29) is 6.10 Å². The smallest absolute Gasteiger partial charge is 0.189 e. The Morgan fingerprint density at radius 1 is 1.13 bits per heavy atom. The normalized spacial score (nSPS) is 41.8. The lowest BCUT2D eigenvalue weighted by molar-refractivity contribution is -0.530. The van der Waals surface area contributed by atoms with E-state index in [9.17, 15) is 5.11 Å². The third kappa shape index (κ3) is 2.64. The Kier molecular flexibility index (Phi) is 4.87. The molecule has 1 heterocycles. The van der Waals surface area contributed by atoms with E-state index in [1.54, 1.807) is 6.92 Å². The first kappa shape index (κ1) is 12.8. The molecule has 7 heteroatoms. The van der Waals surface area contributed by atoms with Gasteiger partial charge in [0.2, 0.25) is 0 Å². The second-order valence-electron chi connectivity index (χ2n) is 3.27. The summed E-state index contributed by atoms with van der Waals surface area (Å²) in [6.07, 6.45) is -3.74. The van der Waals surface area contributed by atoms with Crippen LogP contribution in [0.25, 0.3) is 0 Å². The van der Waals surface area contributed by atoms with E-state index in [1.807, 2.05) is 0 Å². The van der Waals surface area contributed by atoms with Gasteiger partial charge in [0, 0.05) is 14.2 Å². The van der Waals surface area contributed by atoms with Crippen LogP contribution in [0.3, 0.4) is 0 Å². The van der Waals surface area contributed by atoms with Crippen LogP contribution in [-0.2, 0) is 24.1 Å². The van der Waals surface area contributed by atoms with Gasteiger partial charge in [-0.25, -0.2) is 5.26 Å². The number of aliphatic hydroxyl groups is 1. The molecule has 0 saturated carbocycles. The van der Waals surface area contributed by atoms with Gasteiger partial charge in [0.25, 0.3) is 0 Å². The summed E-state index contributed by atoms with van der Waals surface area (Å²) in [5, 5.41) is 21.6. The molecule has 1 aliphatic heterocycles. The third-order valence-electron chi connectivity index (χ3n) is 2.41. The van der Waals surface area contributed by atoms with Gasteiger partial charge in [-0.15, -0.1) is 0 Å². The van der Waals surface area contributed by atoms with Crippen molar-refractivity contribution in [3.63, 3.8) is 0 Å². The van der Waals surface area contributed by atoms with Crippen molar-refractivity contribution in [3.8, 4) is 0 Å². The van der Waals surface area contributed by atoms with E-state index in [1.165, 1.54) is 14.2 Å². The first-order valence-electron chi connectivity index (χ1n) is 4.51. The molecule has 0 radical (unpaired) electrons. The molecule has 1 saturated heterocycles. The summed E-state index contributed by atoms with van der Waals surface area (Å²) in [6, 6.07) is 0. The molecule has 0 spiro atoms. The van der Waals surface area contributed by atoms with E-state index in [4.69, 9.17) is 19.5 Å². The highest BCUT2D eigenvalue weighted by atomic mass is 17.5. The Balaban J connectivity index is 2.72. The second-order valence-corrected chi connectivity index (χ2v) is 3.27. The van der Waals surface area contributed by atoms with Gasteiger partial charge in [-0.1, -0.05) is 5.04 Å². The average molecular weight is 224 g/mol. The summed E-state index contributed by atoms with van der Waals surface area (Å²) in [4.78, 5) is 4.45. The number of hydrogen-bond acceptors (Lipinski definition) is 7. The summed E-state index contributed by atoms with van der Waals surface area (Å²) in [5.74, 6) is 0. The Labute approximate surface area is 87.3 Å². The minimum absolute atomic E-state index is 0.353. The molecule has 15 heavy (non-hydrogen) atoms. The number of methoxy groups -OCH3 is 2. The van der Waals surface area contributed by atoms with Crippen LogP contribution in [0.1, 0.15) is 6.92 Å². The summed E-state index contributed by atoms with van der Waals surface area (Å²) in [5.41, 5.74) is 0. The molecular weight excluding hydrogens is 208 g/mol. The maximum Gasteiger partial charge on any atom is 0.189 e.